The number of aromatic amines is 1. The van der Waals surface area contributed by atoms with Gasteiger partial charge in [0.25, 0.3) is 5.56 Å². The second-order valence-corrected chi connectivity index (χ2v) is 9.38. The van der Waals surface area contributed by atoms with E-state index in [1.54, 1.807) is 11.3 Å². The molecular weight excluding hydrogens is 392 g/mol. The maximum Gasteiger partial charge on any atom is 0.259 e. The molecule has 2 aliphatic rings. The minimum absolute atomic E-state index is 0.0547. The van der Waals surface area contributed by atoms with Crippen LogP contribution in [0.4, 0.5) is 0 Å². The van der Waals surface area contributed by atoms with E-state index in [-0.39, 0.29) is 5.56 Å². The smallest absolute Gasteiger partial charge is 0.259 e. The van der Waals surface area contributed by atoms with Crippen molar-refractivity contribution < 1.29 is 0 Å². The highest BCUT2D eigenvalue weighted by Crippen LogP contribution is 2.33. The van der Waals surface area contributed by atoms with Gasteiger partial charge < -0.3 is 4.98 Å². The summed E-state index contributed by atoms with van der Waals surface area (Å²) in [7, 11) is 0. The van der Waals surface area contributed by atoms with Crippen LogP contribution >= 0.6 is 11.3 Å². The first-order chi connectivity index (χ1) is 14.8. The third-order valence-corrected chi connectivity index (χ3v) is 7.37. The van der Waals surface area contributed by atoms with Crippen LogP contribution in [0, 0.1) is 0 Å². The van der Waals surface area contributed by atoms with Crippen molar-refractivity contribution in [2.24, 2.45) is 0 Å². The second kappa shape index (κ2) is 8.84. The van der Waals surface area contributed by atoms with Crippen LogP contribution in [0.1, 0.15) is 34.7 Å². The molecule has 1 aliphatic carbocycles. The molecule has 0 saturated carbocycles. The normalized spacial score (nSPS) is 18.3. The maximum atomic E-state index is 12.7. The van der Waals surface area contributed by atoms with E-state index in [0.717, 1.165) is 68.2 Å². The molecule has 6 heteroatoms. The highest BCUT2D eigenvalue weighted by Gasteiger charge is 2.21. The number of fused-ring (bicyclic) bond motifs is 3. The van der Waals surface area contributed by atoms with Gasteiger partial charge in [0.15, 0.2) is 0 Å². The van der Waals surface area contributed by atoms with Gasteiger partial charge in [-0.2, -0.15) is 0 Å². The van der Waals surface area contributed by atoms with E-state index in [0.29, 0.717) is 0 Å². The van der Waals surface area contributed by atoms with E-state index >= 15 is 0 Å². The first-order valence-electron chi connectivity index (χ1n) is 11.0. The molecule has 0 bridgehead atoms. The van der Waals surface area contributed by atoms with Crippen molar-refractivity contribution in [3.05, 3.63) is 68.6 Å². The topological polar surface area (TPSA) is 52.2 Å². The highest BCUT2D eigenvalue weighted by molar-refractivity contribution is 7.18. The summed E-state index contributed by atoms with van der Waals surface area (Å²) in [4.78, 5) is 27.8. The molecule has 1 aromatic carbocycles. The van der Waals surface area contributed by atoms with Gasteiger partial charge in [0.05, 0.1) is 11.9 Å². The summed E-state index contributed by atoms with van der Waals surface area (Å²) in [5.41, 5.74) is 2.56. The third-order valence-electron chi connectivity index (χ3n) is 6.19. The van der Waals surface area contributed by atoms with Crippen molar-refractivity contribution >= 4 is 27.6 Å². The zero-order chi connectivity index (χ0) is 20.3. The number of H-pyrrole nitrogens is 1. The van der Waals surface area contributed by atoms with Gasteiger partial charge in [0.2, 0.25) is 0 Å². The zero-order valence-corrected chi connectivity index (χ0v) is 18.1. The van der Waals surface area contributed by atoms with Crippen LogP contribution in [0.25, 0.3) is 16.3 Å². The van der Waals surface area contributed by atoms with Crippen LogP contribution in [0.15, 0.2) is 41.2 Å². The minimum atomic E-state index is 0.0547. The molecule has 1 N–H and O–H groups in total. The summed E-state index contributed by atoms with van der Waals surface area (Å²) in [6, 6.07) is 10.4. The number of nitrogens with zero attached hydrogens (tertiary/aromatic N) is 3. The van der Waals surface area contributed by atoms with Gasteiger partial charge in [-0.15, -0.1) is 11.3 Å². The van der Waals surface area contributed by atoms with Crippen molar-refractivity contribution in [2.45, 2.75) is 32.2 Å². The maximum absolute atomic E-state index is 12.7. The molecular formula is C24H28N4OS. The molecule has 30 heavy (non-hydrogen) atoms. The lowest BCUT2D eigenvalue weighted by Crippen LogP contribution is -2.46. The SMILES string of the molecule is O=c1[nH]c(CN2CCN(C/C=C/c3ccccc3)CC2)nc2sc3c(c12)CCCC3. The molecule has 1 aliphatic heterocycles. The Bertz CT molecular complexity index is 1090. The average Bonchev–Trinajstić information content (AvgIpc) is 3.14. The van der Waals surface area contributed by atoms with Gasteiger partial charge in [0.1, 0.15) is 10.7 Å². The van der Waals surface area contributed by atoms with Crippen LogP contribution in [0.2, 0.25) is 0 Å². The Kier molecular flexibility index (Phi) is 5.79. The van der Waals surface area contributed by atoms with E-state index < -0.39 is 0 Å². The summed E-state index contributed by atoms with van der Waals surface area (Å²) in [6.45, 7) is 5.79. The van der Waals surface area contributed by atoms with E-state index in [9.17, 15) is 4.79 Å². The molecule has 5 nitrogen and oxygen atoms in total. The minimum Gasteiger partial charge on any atom is -0.309 e. The molecule has 5 rings (SSSR count). The molecule has 0 unspecified atom stereocenters. The summed E-state index contributed by atoms with van der Waals surface area (Å²) in [5, 5.41) is 0.855. The van der Waals surface area contributed by atoms with Crippen LogP contribution in [-0.2, 0) is 19.4 Å². The number of thiophene rings is 1. The summed E-state index contributed by atoms with van der Waals surface area (Å²) < 4.78 is 0. The Balaban J connectivity index is 1.19. The Hall–Kier alpha value is -2.28. The fourth-order valence-corrected chi connectivity index (χ4v) is 5.81. The Morgan fingerprint density at radius 1 is 1.03 bits per heavy atom. The Morgan fingerprint density at radius 3 is 2.63 bits per heavy atom. The molecule has 156 valence electrons. The van der Waals surface area contributed by atoms with Crippen LogP contribution in [-0.4, -0.2) is 52.5 Å². The number of hydrogen-bond acceptors (Lipinski definition) is 5. The summed E-state index contributed by atoms with van der Waals surface area (Å²) in [6.07, 6.45) is 8.99. The van der Waals surface area contributed by atoms with Crippen molar-refractivity contribution in [1.29, 1.82) is 0 Å². The number of nitrogens with one attached hydrogen (secondary N) is 1. The summed E-state index contributed by atoms with van der Waals surface area (Å²) in [5.74, 6) is 0.809. The lowest BCUT2D eigenvalue weighted by Gasteiger charge is -2.33. The lowest BCUT2D eigenvalue weighted by atomic mass is 9.97. The van der Waals surface area contributed by atoms with E-state index in [2.05, 4.69) is 51.2 Å². The largest absolute Gasteiger partial charge is 0.309 e. The van der Waals surface area contributed by atoms with Gasteiger partial charge >= 0.3 is 0 Å². The number of aryl methyl sites for hydroxylation is 2. The van der Waals surface area contributed by atoms with E-state index in [1.807, 2.05) is 6.07 Å². The summed E-state index contributed by atoms with van der Waals surface area (Å²) >= 11 is 1.73. The van der Waals surface area contributed by atoms with Gasteiger partial charge in [-0.05, 0) is 36.8 Å². The number of benzene rings is 1. The van der Waals surface area contributed by atoms with Gasteiger partial charge in [-0.1, -0.05) is 42.5 Å². The van der Waals surface area contributed by atoms with E-state index in [4.69, 9.17) is 4.98 Å². The van der Waals surface area contributed by atoms with Crippen molar-refractivity contribution in [3.63, 3.8) is 0 Å². The van der Waals surface area contributed by atoms with E-state index in [1.165, 1.54) is 28.8 Å². The quantitative estimate of drug-likeness (QED) is 0.684. The van der Waals surface area contributed by atoms with Gasteiger partial charge in [-0.3, -0.25) is 14.6 Å². The van der Waals surface area contributed by atoms with Crippen LogP contribution in [0.3, 0.4) is 0 Å². The third kappa shape index (κ3) is 4.26. The molecule has 2 aromatic heterocycles. The monoisotopic (exact) mass is 420 g/mol. The molecule has 3 heterocycles. The molecule has 1 fully saturated rings. The van der Waals surface area contributed by atoms with Crippen LogP contribution in [0.5, 0.6) is 0 Å². The lowest BCUT2D eigenvalue weighted by molar-refractivity contribution is 0.134. The molecule has 0 amide bonds. The predicted octanol–water partition coefficient (Wildman–Crippen LogP) is 3.69. The van der Waals surface area contributed by atoms with Gasteiger partial charge in [0, 0.05) is 37.6 Å². The first kappa shape index (κ1) is 19.7. The first-order valence-corrected chi connectivity index (χ1v) is 11.8. The fraction of sp³-hybridized carbons (Fsp3) is 0.417. The highest BCUT2D eigenvalue weighted by atomic mass is 32.1. The Morgan fingerprint density at radius 2 is 1.80 bits per heavy atom. The number of hydrogen-bond donors (Lipinski definition) is 1. The van der Waals surface area contributed by atoms with Gasteiger partial charge in [-0.25, -0.2) is 4.98 Å². The zero-order valence-electron chi connectivity index (χ0n) is 17.3. The molecule has 0 spiro atoms. The van der Waals surface area contributed by atoms with Crippen LogP contribution < -0.4 is 5.56 Å². The molecule has 1 saturated heterocycles. The predicted molar refractivity (Wildman–Crippen MR) is 124 cm³/mol. The fourth-order valence-electron chi connectivity index (χ4n) is 4.53. The second-order valence-electron chi connectivity index (χ2n) is 8.29. The van der Waals surface area contributed by atoms with Crippen molar-refractivity contribution in [3.8, 4) is 0 Å². The van der Waals surface area contributed by atoms with Crippen molar-refractivity contribution in [1.82, 2.24) is 19.8 Å². The molecule has 3 aromatic rings. The Labute approximate surface area is 181 Å². The average molecular weight is 421 g/mol. The number of rotatable bonds is 5. The number of piperazine rings is 1. The molecule has 0 radical (unpaired) electrons. The molecule has 0 atom stereocenters. The standard InChI is InChI=1S/C24H28N4OS/c29-23-22-19-10-4-5-11-20(19)30-24(22)26-21(25-23)17-28-15-13-27(14-16-28)12-6-9-18-7-2-1-3-8-18/h1-3,6-9H,4-5,10-17H2,(H,25,26,29)/b9-6+. The number of aromatic nitrogens is 2. The van der Waals surface area contributed by atoms with Crippen molar-refractivity contribution in [2.75, 3.05) is 32.7 Å².